The zero-order chi connectivity index (χ0) is 21.5. The first-order valence-corrected chi connectivity index (χ1v) is 10.4. The highest BCUT2D eigenvalue weighted by Crippen LogP contribution is 2.44. The molecule has 0 radical (unpaired) electrons. The molecule has 1 atom stereocenters. The molecule has 5 heteroatoms. The van der Waals surface area contributed by atoms with Crippen LogP contribution in [0.3, 0.4) is 0 Å². The lowest BCUT2D eigenvalue weighted by Crippen LogP contribution is -2.39. The van der Waals surface area contributed by atoms with Crippen molar-refractivity contribution in [2.75, 3.05) is 13.2 Å². The van der Waals surface area contributed by atoms with Crippen LogP contribution in [0.4, 0.5) is 4.79 Å². The first-order chi connectivity index (χ1) is 15.3. The second-order valence-electron chi connectivity index (χ2n) is 7.57. The Balaban J connectivity index is 1.33. The van der Waals surface area contributed by atoms with Gasteiger partial charge in [0.25, 0.3) is 0 Å². The number of carbonyl (C=O) groups excluding carboxylic acids is 2. The lowest BCUT2D eigenvalue weighted by atomic mass is 9.98. The summed E-state index contributed by atoms with van der Waals surface area (Å²) < 4.78 is 11.2. The molecule has 0 saturated carbocycles. The minimum absolute atomic E-state index is 0.00278. The summed E-state index contributed by atoms with van der Waals surface area (Å²) in [5.41, 5.74) is 5.72. The number of fused-ring (bicyclic) bond motifs is 3. The van der Waals surface area contributed by atoms with Gasteiger partial charge in [-0.15, -0.1) is 0 Å². The summed E-state index contributed by atoms with van der Waals surface area (Å²) in [6, 6.07) is 25.7. The van der Waals surface area contributed by atoms with E-state index < -0.39 is 12.1 Å². The van der Waals surface area contributed by atoms with E-state index in [9.17, 15) is 9.59 Å². The molecule has 158 valence electrons. The number of amides is 1. The number of hydrogen-bond acceptors (Lipinski definition) is 4. The van der Waals surface area contributed by atoms with Crippen LogP contribution in [-0.4, -0.2) is 31.6 Å². The topological polar surface area (TPSA) is 64.6 Å². The highest BCUT2D eigenvalue weighted by molar-refractivity contribution is 5.79. The van der Waals surface area contributed by atoms with Crippen molar-refractivity contribution in [3.63, 3.8) is 0 Å². The first-order valence-electron chi connectivity index (χ1n) is 10.4. The molecule has 1 N–H and O–H groups in total. The average Bonchev–Trinajstić information content (AvgIpc) is 3.12. The number of aldehydes is 1. The van der Waals surface area contributed by atoms with E-state index in [4.69, 9.17) is 9.47 Å². The molecule has 0 bridgehead atoms. The van der Waals surface area contributed by atoms with Gasteiger partial charge in [0, 0.05) is 12.3 Å². The fourth-order valence-electron chi connectivity index (χ4n) is 3.98. The third-order valence-electron chi connectivity index (χ3n) is 5.48. The van der Waals surface area contributed by atoms with Gasteiger partial charge in [0.05, 0.1) is 19.3 Å². The van der Waals surface area contributed by atoms with Gasteiger partial charge in [-0.2, -0.15) is 0 Å². The molecular formula is C26H25NO4. The zero-order valence-corrected chi connectivity index (χ0v) is 17.2. The average molecular weight is 415 g/mol. The van der Waals surface area contributed by atoms with Gasteiger partial charge >= 0.3 is 6.09 Å². The maximum absolute atomic E-state index is 12.4. The molecule has 1 unspecified atom stereocenters. The summed E-state index contributed by atoms with van der Waals surface area (Å²) in [6.45, 7) is 0.888. The lowest BCUT2D eigenvalue weighted by Gasteiger charge is -2.18. The number of ether oxygens (including phenoxy) is 2. The first kappa shape index (κ1) is 20.8. The molecule has 5 nitrogen and oxygen atoms in total. The van der Waals surface area contributed by atoms with Crippen molar-refractivity contribution in [1.82, 2.24) is 5.32 Å². The maximum Gasteiger partial charge on any atom is 0.407 e. The molecule has 0 aliphatic heterocycles. The SMILES string of the molecule is O=CCC(COCc1ccccc1)NC(=O)OCC1c2ccccc2-c2ccccc21. The Hall–Kier alpha value is -3.44. The number of rotatable bonds is 9. The Morgan fingerprint density at radius 1 is 0.903 bits per heavy atom. The van der Waals surface area contributed by atoms with E-state index in [1.54, 1.807) is 0 Å². The van der Waals surface area contributed by atoms with Gasteiger partial charge in [0.1, 0.15) is 12.9 Å². The molecule has 1 aliphatic rings. The van der Waals surface area contributed by atoms with Gasteiger partial charge < -0.3 is 19.6 Å². The van der Waals surface area contributed by atoms with E-state index in [1.807, 2.05) is 54.6 Å². The third-order valence-corrected chi connectivity index (χ3v) is 5.48. The predicted octanol–water partition coefficient (Wildman–Crippen LogP) is 4.70. The van der Waals surface area contributed by atoms with Crippen LogP contribution in [0.1, 0.15) is 29.0 Å². The number of hydrogen-bond donors (Lipinski definition) is 1. The number of carbonyl (C=O) groups is 2. The second kappa shape index (κ2) is 10.0. The zero-order valence-electron chi connectivity index (χ0n) is 17.2. The van der Waals surface area contributed by atoms with Crippen molar-refractivity contribution in [1.29, 1.82) is 0 Å². The maximum atomic E-state index is 12.4. The standard InChI is InChI=1S/C26H25NO4/c28-15-14-20(17-30-16-19-8-2-1-3-9-19)27-26(29)31-18-25-23-12-6-4-10-21(23)22-11-5-7-13-24(22)25/h1-13,15,20,25H,14,16-18H2,(H,27,29). The Labute approximate surface area is 182 Å². The minimum atomic E-state index is -0.544. The molecule has 0 aromatic heterocycles. The van der Waals surface area contributed by atoms with E-state index in [2.05, 4.69) is 29.6 Å². The van der Waals surface area contributed by atoms with Gasteiger partial charge in [0.15, 0.2) is 0 Å². The van der Waals surface area contributed by atoms with Crippen molar-refractivity contribution in [3.05, 3.63) is 95.6 Å². The van der Waals surface area contributed by atoms with Crippen LogP contribution in [0.15, 0.2) is 78.9 Å². The Morgan fingerprint density at radius 2 is 1.52 bits per heavy atom. The molecule has 0 heterocycles. The highest BCUT2D eigenvalue weighted by Gasteiger charge is 2.29. The lowest BCUT2D eigenvalue weighted by molar-refractivity contribution is -0.108. The smallest absolute Gasteiger partial charge is 0.407 e. The molecule has 31 heavy (non-hydrogen) atoms. The largest absolute Gasteiger partial charge is 0.449 e. The second-order valence-corrected chi connectivity index (χ2v) is 7.57. The molecule has 0 spiro atoms. The number of nitrogens with one attached hydrogen (secondary N) is 1. The van der Waals surface area contributed by atoms with Crippen LogP contribution in [-0.2, 0) is 20.9 Å². The molecule has 1 amide bonds. The third kappa shape index (κ3) is 5.01. The summed E-state index contributed by atoms with van der Waals surface area (Å²) in [7, 11) is 0. The Bertz CT molecular complexity index is 989. The van der Waals surface area contributed by atoms with E-state index in [-0.39, 0.29) is 25.6 Å². The van der Waals surface area contributed by atoms with Crippen molar-refractivity contribution >= 4 is 12.4 Å². The van der Waals surface area contributed by atoms with Gasteiger partial charge in [-0.25, -0.2) is 4.79 Å². The van der Waals surface area contributed by atoms with Gasteiger partial charge in [-0.1, -0.05) is 78.9 Å². The van der Waals surface area contributed by atoms with Crippen LogP contribution in [0.2, 0.25) is 0 Å². The Morgan fingerprint density at radius 3 is 2.16 bits per heavy atom. The Kier molecular flexibility index (Phi) is 6.75. The molecule has 0 saturated heterocycles. The summed E-state index contributed by atoms with van der Waals surface area (Å²) in [4.78, 5) is 23.5. The predicted molar refractivity (Wildman–Crippen MR) is 119 cm³/mol. The van der Waals surface area contributed by atoms with Crippen LogP contribution < -0.4 is 5.32 Å². The number of alkyl carbamates (subject to hydrolysis) is 1. The molecule has 1 aliphatic carbocycles. The molecule has 0 fully saturated rings. The highest BCUT2D eigenvalue weighted by atomic mass is 16.5. The van der Waals surface area contributed by atoms with E-state index in [0.29, 0.717) is 6.61 Å². The number of benzene rings is 3. The fraction of sp³-hybridized carbons (Fsp3) is 0.231. The van der Waals surface area contributed by atoms with Crippen molar-refractivity contribution < 1.29 is 19.1 Å². The van der Waals surface area contributed by atoms with E-state index >= 15 is 0 Å². The van der Waals surface area contributed by atoms with Crippen molar-refractivity contribution in [2.24, 2.45) is 0 Å². The van der Waals surface area contributed by atoms with E-state index in [1.165, 1.54) is 11.1 Å². The van der Waals surface area contributed by atoms with Crippen molar-refractivity contribution in [3.8, 4) is 11.1 Å². The van der Waals surface area contributed by atoms with Gasteiger partial charge in [-0.3, -0.25) is 0 Å². The molecule has 3 aromatic rings. The quantitative estimate of drug-likeness (QED) is 0.515. The van der Waals surface area contributed by atoms with Gasteiger partial charge in [0.2, 0.25) is 0 Å². The van der Waals surface area contributed by atoms with Crippen LogP contribution in [0.5, 0.6) is 0 Å². The monoisotopic (exact) mass is 415 g/mol. The minimum Gasteiger partial charge on any atom is -0.449 e. The molecule has 3 aromatic carbocycles. The summed E-state index contributed by atoms with van der Waals surface area (Å²) in [5.74, 6) is -0.00278. The summed E-state index contributed by atoms with van der Waals surface area (Å²) in [5, 5.41) is 2.76. The van der Waals surface area contributed by atoms with Crippen LogP contribution in [0, 0.1) is 0 Å². The normalized spacial score (nSPS) is 13.2. The fourth-order valence-corrected chi connectivity index (χ4v) is 3.98. The van der Waals surface area contributed by atoms with Crippen LogP contribution in [0.25, 0.3) is 11.1 Å². The summed E-state index contributed by atoms with van der Waals surface area (Å²) >= 11 is 0. The van der Waals surface area contributed by atoms with Crippen LogP contribution >= 0.6 is 0 Å². The van der Waals surface area contributed by atoms with E-state index in [0.717, 1.165) is 23.0 Å². The van der Waals surface area contributed by atoms with Gasteiger partial charge in [-0.05, 0) is 27.8 Å². The summed E-state index contributed by atoms with van der Waals surface area (Å²) in [6.07, 6.45) is 0.399. The van der Waals surface area contributed by atoms with Crippen molar-refractivity contribution in [2.45, 2.75) is 25.0 Å². The molecule has 4 rings (SSSR count). The molecular weight excluding hydrogens is 390 g/mol.